The molecule has 0 aliphatic carbocycles. The molecule has 0 atom stereocenters. The van der Waals surface area contributed by atoms with E-state index in [0.29, 0.717) is 0 Å². The van der Waals surface area contributed by atoms with Gasteiger partial charge in [0.25, 0.3) is 0 Å². The Labute approximate surface area is 97.0 Å². The minimum Gasteiger partial charge on any atom is -1.00 e. The van der Waals surface area contributed by atoms with Crippen LogP contribution in [0.1, 0.15) is 19.4 Å². The molecule has 1 aromatic rings. The standard InChI is InChI=1S/C12H17N.BrH/c1-11(2)8-9-13-10-12-6-4-3-5-7-12;/h3-8,13H,9-10H2,1-2H3;1H. The van der Waals surface area contributed by atoms with Crippen LogP contribution in [0.4, 0.5) is 0 Å². The van der Waals surface area contributed by atoms with Crippen molar-refractivity contribution in [1.82, 2.24) is 0 Å². The van der Waals surface area contributed by atoms with E-state index in [1.807, 2.05) is 0 Å². The first-order chi connectivity index (χ1) is 6.29. The summed E-state index contributed by atoms with van der Waals surface area (Å²) >= 11 is 0. The zero-order chi connectivity index (χ0) is 9.52. The van der Waals surface area contributed by atoms with Crippen molar-refractivity contribution in [3.05, 3.63) is 47.5 Å². The third kappa shape index (κ3) is 5.95. The Morgan fingerprint density at radius 2 is 1.86 bits per heavy atom. The molecule has 0 radical (unpaired) electrons. The van der Waals surface area contributed by atoms with Crippen molar-refractivity contribution in [2.24, 2.45) is 0 Å². The Balaban J connectivity index is 0.00000169. The Kier molecular flexibility index (Phi) is 7.44. The lowest BCUT2D eigenvalue weighted by Gasteiger charge is -1.98. The van der Waals surface area contributed by atoms with Crippen LogP contribution in [0.15, 0.2) is 42.0 Å². The number of benzene rings is 1. The summed E-state index contributed by atoms with van der Waals surface area (Å²) in [7, 11) is 0. The second kappa shape index (κ2) is 7.77. The molecule has 1 rings (SSSR count). The molecule has 0 unspecified atom stereocenters. The van der Waals surface area contributed by atoms with Gasteiger partial charge in [-0.2, -0.15) is 0 Å². The van der Waals surface area contributed by atoms with Gasteiger partial charge in [0.2, 0.25) is 0 Å². The number of quaternary nitrogens is 1. The molecule has 0 aliphatic rings. The second-order valence-electron chi connectivity index (χ2n) is 3.50. The molecule has 0 saturated heterocycles. The fraction of sp³-hybridized carbons (Fsp3) is 0.333. The van der Waals surface area contributed by atoms with Gasteiger partial charge < -0.3 is 22.3 Å². The molecule has 0 aliphatic heterocycles. The highest BCUT2D eigenvalue weighted by Gasteiger charge is 1.91. The van der Waals surface area contributed by atoms with Crippen molar-refractivity contribution in [3.8, 4) is 0 Å². The van der Waals surface area contributed by atoms with Gasteiger partial charge in [0.15, 0.2) is 0 Å². The summed E-state index contributed by atoms with van der Waals surface area (Å²) < 4.78 is 0. The van der Waals surface area contributed by atoms with E-state index in [9.17, 15) is 0 Å². The summed E-state index contributed by atoms with van der Waals surface area (Å²) in [6.45, 7) is 6.43. The first-order valence-corrected chi connectivity index (χ1v) is 4.78. The number of allylic oxidation sites excluding steroid dienone is 1. The van der Waals surface area contributed by atoms with Crippen molar-refractivity contribution in [3.63, 3.8) is 0 Å². The molecular formula is C12H18BrN. The van der Waals surface area contributed by atoms with Crippen LogP contribution in [-0.4, -0.2) is 6.54 Å². The van der Waals surface area contributed by atoms with Crippen molar-refractivity contribution in [2.75, 3.05) is 6.54 Å². The number of hydrogen-bond donors (Lipinski definition) is 1. The minimum absolute atomic E-state index is 0. The minimum atomic E-state index is 0. The molecule has 14 heavy (non-hydrogen) atoms. The van der Waals surface area contributed by atoms with Gasteiger partial charge in [0, 0.05) is 5.56 Å². The zero-order valence-corrected chi connectivity index (χ0v) is 10.4. The number of halogens is 1. The van der Waals surface area contributed by atoms with E-state index in [2.05, 4.69) is 55.6 Å². The summed E-state index contributed by atoms with van der Waals surface area (Å²) in [6.07, 6.45) is 2.25. The molecule has 78 valence electrons. The van der Waals surface area contributed by atoms with E-state index in [4.69, 9.17) is 0 Å². The first kappa shape index (κ1) is 13.4. The summed E-state index contributed by atoms with van der Waals surface area (Å²) in [4.78, 5) is 0. The molecule has 0 heterocycles. The summed E-state index contributed by atoms with van der Waals surface area (Å²) in [5.74, 6) is 0. The van der Waals surface area contributed by atoms with E-state index in [0.717, 1.165) is 13.1 Å². The predicted octanol–water partition coefficient (Wildman–Crippen LogP) is -1.28. The van der Waals surface area contributed by atoms with Gasteiger partial charge in [-0.05, 0) is 19.9 Å². The molecule has 1 nitrogen and oxygen atoms in total. The largest absolute Gasteiger partial charge is 1.00 e. The number of hydrogen-bond acceptors (Lipinski definition) is 0. The second-order valence-corrected chi connectivity index (χ2v) is 3.50. The van der Waals surface area contributed by atoms with E-state index < -0.39 is 0 Å². The maximum atomic E-state index is 2.31. The van der Waals surface area contributed by atoms with Crippen molar-refractivity contribution in [2.45, 2.75) is 20.4 Å². The van der Waals surface area contributed by atoms with Crippen LogP contribution in [0, 0.1) is 0 Å². The van der Waals surface area contributed by atoms with Gasteiger partial charge in [-0.3, -0.25) is 0 Å². The smallest absolute Gasteiger partial charge is 0.101 e. The monoisotopic (exact) mass is 255 g/mol. The molecule has 0 spiro atoms. The summed E-state index contributed by atoms with van der Waals surface area (Å²) in [5.41, 5.74) is 2.79. The first-order valence-electron chi connectivity index (χ1n) is 4.78. The normalized spacial score (nSPS) is 9.00. The van der Waals surface area contributed by atoms with Gasteiger partial charge in [-0.15, -0.1) is 0 Å². The highest BCUT2D eigenvalue weighted by Crippen LogP contribution is 1.94. The lowest BCUT2D eigenvalue weighted by molar-refractivity contribution is -0.662. The predicted molar refractivity (Wildman–Crippen MR) is 56.4 cm³/mol. The molecule has 2 N–H and O–H groups in total. The molecule has 0 saturated carbocycles. The van der Waals surface area contributed by atoms with E-state index >= 15 is 0 Å². The van der Waals surface area contributed by atoms with Crippen molar-refractivity contribution in [1.29, 1.82) is 0 Å². The van der Waals surface area contributed by atoms with Gasteiger partial charge in [0.1, 0.15) is 6.54 Å². The Morgan fingerprint density at radius 3 is 2.43 bits per heavy atom. The molecular weight excluding hydrogens is 238 g/mol. The molecule has 0 amide bonds. The Morgan fingerprint density at radius 1 is 1.21 bits per heavy atom. The maximum absolute atomic E-state index is 2.31. The van der Waals surface area contributed by atoms with E-state index in [1.165, 1.54) is 11.1 Å². The molecule has 1 aromatic carbocycles. The van der Waals surface area contributed by atoms with Gasteiger partial charge in [-0.1, -0.05) is 35.9 Å². The SMILES string of the molecule is CC(C)=CC[NH2+]Cc1ccccc1.[Br-]. The van der Waals surface area contributed by atoms with Crippen LogP contribution in [0.5, 0.6) is 0 Å². The van der Waals surface area contributed by atoms with Crippen LogP contribution in [-0.2, 0) is 6.54 Å². The topological polar surface area (TPSA) is 16.6 Å². The van der Waals surface area contributed by atoms with Gasteiger partial charge in [0.05, 0.1) is 6.54 Å². The van der Waals surface area contributed by atoms with Crippen LogP contribution < -0.4 is 22.3 Å². The van der Waals surface area contributed by atoms with Crippen LogP contribution >= 0.6 is 0 Å². The van der Waals surface area contributed by atoms with Crippen molar-refractivity contribution >= 4 is 0 Å². The van der Waals surface area contributed by atoms with E-state index in [1.54, 1.807) is 0 Å². The van der Waals surface area contributed by atoms with Crippen LogP contribution in [0.25, 0.3) is 0 Å². The highest BCUT2D eigenvalue weighted by molar-refractivity contribution is 5.12. The summed E-state index contributed by atoms with van der Waals surface area (Å²) in [6, 6.07) is 10.6. The lowest BCUT2D eigenvalue weighted by atomic mass is 10.2. The van der Waals surface area contributed by atoms with Gasteiger partial charge in [-0.25, -0.2) is 0 Å². The van der Waals surface area contributed by atoms with E-state index in [-0.39, 0.29) is 17.0 Å². The fourth-order valence-electron chi connectivity index (χ4n) is 1.18. The van der Waals surface area contributed by atoms with Crippen molar-refractivity contribution < 1.29 is 22.3 Å². The number of rotatable bonds is 4. The third-order valence-corrected chi connectivity index (χ3v) is 1.92. The average molecular weight is 256 g/mol. The molecule has 0 fully saturated rings. The fourth-order valence-corrected chi connectivity index (χ4v) is 1.18. The molecule has 0 bridgehead atoms. The lowest BCUT2D eigenvalue weighted by Crippen LogP contribution is -3.00. The average Bonchev–Trinajstić information content (AvgIpc) is 2.14. The van der Waals surface area contributed by atoms with Crippen LogP contribution in [0.3, 0.4) is 0 Å². The quantitative estimate of drug-likeness (QED) is 0.510. The Bertz CT molecular complexity index is 263. The summed E-state index contributed by atoms with van der Waals surface area (Å²) in [5, 5.41) is 2.31. The molecule has 2 heteroatoms. The molecule has 0 aromatic heterocycles. The van der Waals surface area contributed by atoms with Crippen LogP contribution in [0.2, 0.25) is 0 Å². The Hall–Kier alpha value is -0.600. The zero-order valence-electron chi connectivity index (χ0n) is 8.83. The highest BCUT2D eigenvalue weighted by atomic mass is 79.9. The van der Waals surface area contributed by atoms with Gasteiger partial charge >= 0.3 is 0 Å². The maximum Gasteiger partial charge on any atom is 0.101 e. The number of nitrogens with two attached hydrogens (primary N) is 1. The third-order valence-electron chi connectivity index (χ3n) is 1.92.